The van der Waals surface area contributed by atoms with E-state index in [0.717, 1.165) is 0 Å². The van der Waals surface area contributed by atoms with Crippen molar-refractivity contribution in [1.82, 2.24) is 0 Å². The first-order valence-electron chi connectivity index (χ1n) is 8.73. The van der Waals surface area contributed by atoms with Crippen molar-refractivity contribution in [2.75, 3.05) is 14.2 Å². The summed E-state index contributed by atoms with van der Waals surface area (Å²) in [6.07, 6.45) is 0. The number of phenolic OH excluding ortho intramolecular Hbond substituents is 1. The third-order valence-corrected chi connectivity index (χ3v) is 5.05. The lowest BCUT2D eigenvalue weighted by Crippen LogP contribution is -2.03. The minimum Gasteiger partial charge on any atom is -0.507 e. The molecule has 0 bridgehead atoms. The largest absolute Gasteiger partial charge is 0.507 e. The lowest BCUT2D eigenvalue weighted by molar-refractivity contribution is 0.415. The van der Waals surface area contributed by atoms with Crippen molar-refractivity contribution >= 4 is 43.5 Å². The molecule has 144 valence electrons. The second-order valence-electron chi connectivity index (χ2n) is 6.58. The Morgan fingerprint density at radius 2 is 1.28 bits per heavy atom. The van der Waals surface area contributed by atoms with E-state index in [9.17, 15) is 14.7 Å². The molecule has 0 saturated carbocycles. The lowest BCUT2D eigenvalue weighted by atomic mass is 10.0. The van der Waals surface area contributed by atoms with Crippen LogP contribution in [-0.4, -0.2) is 19.3 Å². The summed E-state index contributed by atoms with van der Waals surface area (Å²) in [6.45, 7) is 0. The summed E-state index contributed by atoms with van der Waals surface area (Å²) in [5, 5.41) is 13.0. The number of phenols is 1. The monoisotopic (exact) mass is 390 g/mol. The molecule has 0 unspecified atom stereocenters. The van der Waals surface area contributed by atoms with Gasteiger partial charge in [0, 0.05) is 16.8 Å². The van der Waals surface area contributed by atoms with Gasteiger partial charge in [0.05, 0.1) is 35.8 Å². The summed E-state index contributed by atoms with van der Waals surface area (Å²) in [6, 6.07) is 11.2. The van der Waals surface area contributed by atoms with Crippen LogP contribution in [0.25, 0.3) is 43.5 Å². The van der Waals surface area contributed by atoms with Crippen LogP contribution >= 0.6 is 0 Å². The summed E-state index contributed by atoms with van der Waals surface area (Å²) in [5.74, 6) is 0.821. The number of hydrogen-bond acceptors (Lipinski definition) is 7. The van der Waals surface area contributed by atoms with Gasteiger partial charge in [-0.3, -0.25) is 0 Å². The van der Waals surface area contributed by atoms with Crippen molar-refractivity contribution in [3.63, 3.8) is 0 Å². The molecule has 0 atom stereocenters. The third kappa shape index (κ3) is 2.37. The summed E-state index contributed by atoms with van der Waals surface area (Å²) >= 11 is 0. The van der Waals surface area contributed by atoms with E-state index >= 15 is 0 Å². The topological polar surface area (TPSA) is 99.1 Å². The summed E-state index contributed by atoms with van der Waals surface area (Å²) in [5.41, 5.74) is -0.917. The maximum absolute atomic E-state index is 12.7. The first-order chi connectivity index (χ1) is 14.0. The van der Waals surface area contributed by atoms with Crippen molar-refractivity contribution in [2.45, 2.75) is 0 Å². The molecule has 7 heteroatoms. The minimum atomic E-state index is -0.592. The molecule has 2 heterocycles. The predicted octanol–water partition coefficient (Wildman–Crippen LogP) is 3.93. The van der Waals surface area contributed by atoms with Crippen molar-refractivity contribution in [3.8, 4) is 17.2 Å². The Labute approximate surface area is 162 Å². The average Bonchev–Trinajstić information content (AvgIpc) is 2.73. The first kappa shape index (κ1) is 17.1. The van der Waals surface area contributed by atoms with Crippen molar-refractivity contribution in [3.05, 3.63) is 63.3 Å². The molecular weight excluding hydrogens is 376 g/mol. The van der Waals surface area contributed by atoms with Gasteiger partial charge in [-0.05, 0) is 36.4 Å². The molecule has 3 aromatic carbocycles. The number of benzene rings is 3. The normalized spacial score (nSPS) is 11.5. The zero-order valence-corrected chi connectivity index (χ0v) is 15.4. The van der Waals surface area contributed by atoms with Crippen LogP contribution in [0.2, 0.25) is 0 Å². The van der Waals surface area contributed by atoms with Crippen LogP contribution < -0.4 is 20.7 Å². The van der Waals surface area contributed by atoms with Gasteiger partial charge in [0.15, 0.2) is 5.58 Å². The first-order valence-corrected chi connectivity index (χ1v) is 8.73. The molecule has 5 rings (SSSR count). The molecule has 7 nitrogen and oxygen atoms in total. The van der Waals surface area contributed by atoms with Crippen LogP contribution in [0.1, 0.15) is 0 Å². The van der Waals surface area contributed by atoms with E-state index in [0.29, 0.717) is 33.0 Å². The van der Waals surface area contributed by atoms with Crippen molar-refractivity contribution in [1.29, 1.82) is 0 Å². The van der Waals surface area contributed by atoms with Crippen LogP contribution in [0.4, 0.5) is 0 Å². The van der Waals surface area contributed by atoms with E-state index in [4.69, 9.17) is 18.3 Å². The molecule has 5 aromatic rings. The van der Waals surface area contributed by atoms with E-state index in [1.165, 1.54) is 20.3 Å². The molecule has 0 aliphatic rings. The summed E-state index contributed by atoms with van der Waals surface area (Å²) in [7, 11) is 2.99. The van der Waals surface area contributed by atoms with Gasteiger partial charge >= 0.3 is 11.3 Å². The molecule has 0 aliphatic carbocycles. The molecule has 0 fully saturated rings. The Balaban J connectivity index is 2.07. The molecule has 0 spiro atoms. The molecule has 0 amide bonds. The molecule has 1 N–H and O–H groups in total. The van der Waals surface area contributed by atoms with Crippen LogP contribution in [0.15, 0.2) is 60.9 Å². The predicted molar refractivity (Wildman–Crippen MR) is 108 cm³/mol. The van der Waals surface area contributed by atoms with Crippen molar-refractivity contribution < 1.29 is 23.4 Å². The van der Waals surface area contributed by atoms with Gasteiger partial charge in [0.2, 0.25) is 0 Å². The standard InChI is InChI=1S/C22H14O7/c1-26-10-3-5-12-14(7-10)22(25)29-20-18(12)16(23)9-17-19(20)13-6-4-11(27-2)8-15(13)21(24)28-17/h3-9,23H,1-2H3. The highest BCUT2D eigenvalue weighted by atomic mass is 16.5. The van der Waals surface area contributed by atoms with Gasteiger partial charge in [-0.25, -0.2) is 9.59 Å². The van der Waals surface area contributed by atoms with Crippen molar-refractivity contribution in [2.24, 2.45) is 0 Å². The van der Waals surface area contributed by atoms with Crippen LogP contribution in [-0.2, 0) is 0 Å². The second kappa shape index (κ2) is 6.00. The van der Waals surface area contributed by atoms with Gasteiger partial charge in [-0.15, -0.1) is 0 Å². The van der Waals surface area contributed by atoms with Crippen LogP contribution in [0.5, 0.6) is 17.2 Å². The smallest absolute Gasteiger partial charge is 0.344 e. The van der Waals surface area contributed by atoms with Gasteiger partial charge in [0.25, 0.3) is 0 Å². The number of ether oxygens (including phenoxy) is 2. The number of methoxy groups -OCH3 is 2. The van der Waals surface area contributed by atoms with E-state index < -0.39 is 11.3 Å². The van der Waals surface area contributed by atoms with Crippen LogP contribution in [0.3, 0.4) is 0 Å². The Morgan fingerprint density at radius 3 is 1.86 bits per heavy atom. The Bertz CT molecular complexity index is 1570. The van der Waals surface area contributed by atoms with E-state index in [1.54, 1.807) is 36.4 Å². The Hall–Kier alpha value is -4.00. The van der Waals surface area contributed by atoms with Gasteiger partial charge in [-0.1, -0.05) is 0 Å². The molecule has 0 radical (unpaired) electrons. The molecule has 0 saturated heterocycles. The summed E-state index contributed by atoms with van der Waals surface area (Å²) < 4.78 is 21.4. The third-order valence-electron chi connectivity index (χ3n) is 5.05. The number of rotatable bonds is 2. The second-order valence-corrected chi connectivity index (χ2v) is 6.58. The lowest BCUT2D eigenvalue weighted by Gasteiger charge is -2.10. The van der Waals surface area contributed by atoms with E-state index in [1.807, 2.05) is 0 Å². The number of fused-ring (bicyclic) bond motifs is 7. The minimum absolute atomic E-state index is 0.119. The zero-order valence-electron chi connectivity index (χ0n) is 15.4. The van der Waals surface area contributed by atoms with Gasteiger partial charge < -0.3 is 23.4 Å². The quantitative estimate of drug-likeness (QED) is 0.360. The molecule has 0 aliphatic heterocycles. The fourth-order valence-electron chi connectivity index (χ4n) is 3.70. The van der Waals surface area contributed by atoms with E-state index in [2.05, 4.69) is 0 Å². The number of hydrogen-bond donors (Lipinski definition) is 1. The van der Waals surface area contributed by atoms with Gasteiger partial charge in [0.1, 0.15) is 22.8 Å². The average molecular weight is 390 g/mol. The molecule has 29 heavy (non-hydrogen) atoms. The SMILES string of the molecule is COc1ccc2c(c1)c(=O)oc1c2c(O)cc2oc(=O)c3cc(OC)ccc3c21. The zero-order chi connectivity index (χ0) is 20.3. The Kier molecular flexibility index (Phi) is 3.54. The van der Waals surface area contributed by atoms with E-state index in [-0.39, 0.29) is 27.7 Å². The van der Waals surface area contributed by atoms with Crippen LogP contribution in [0, 0.1) is 0 Å². The maximum Gasteiger partial charge on any atom is 0.344 e. The fourth-order valence-corrected chi connectivity index (χ4v) is 3.70. The summed E-state index contributed by atoms with van der Waals surface area (Å²) in [4.78, 5) is 25.2. The number of aromatic hydroxyl groups is 1. The molecular formula is C22H14O7. The van der Waals surface area contributed by atoms with Gasteiger partial charge in [-0.2, -0.15) is 0 Å². The Morgan fingerprint density at radius 1 is 0.724 bits per heavy atom. The molecule has 2 aromatic heterocycles. The highest BCUT2D eigenvalue weighted by Gasteiger charge is 2.19. The highest BCUT2D eigenvalue weighted by Crippen LogP contribution is 2.39. The highest BCUT2D eigenvalue weighted by molar-refractivity contribution is 6.22. The fraction of sp³-hybridized carbons (Fsp3) is 0.0909. The maximum atomic E-state index is 12.7.